The third-order valence-corrected chi connectivity index (χ3v) is 2.63. The van der Waals surface area contributed by atoms with E-state index >= 15 is 0 Å². The van der Waals surface area contributed by atoms with E-state index in [9.17, 15) is 9.59 Å². The number of aromatic nitrogens is 1. The third kappa shape index (κ3) is 5.85. The highest BCUT2D eigenvalue weighted by Crippen LogP contribution is 2.12. The van der Waals surface area contributed by atoms with Crippen LogP contribution in [-0.2, 0) is 9.59 Å². The molecule has 1 aromatic rings. The fraction of sp³-hybridized carbons (Fsp3) is 0.462. The van der Waals surface area contributed by atoms with Crippen molar-refractivity contribution in [2.24, 2.45) is 0 Å². The van der Waals surface area contributed by atoms with Gasteiger partial charge in [-0.3, -0.25) is 9.59 Å². The van der Waals surface area contributed by atoms with Crippen LogP contribution in [0.3, 0.4) is 0 Å². The van der Waals surface area contributed by atoms with Crippen molar-refractivity contribution >= 4 is 17.8 Å². The van der Waals surface area contributed by atoms with E-state index < -0.39 is 11.9 Å². The number of carboxylic acids is 2. The smallest absolute Gasteiger partial charge is 0.305 e. The first-order valence-electron chi connectivity index (χ1n) is 6.10. The van der Waals surface area contributed by atoms with E-state index in [0.717, 1.165) is 5.56 Å². The largest absolute Gasteiger partial charge is 0.481 e. The average Bonchev–Trinajstić information content (AvgIpc) is 2.34. The molecule has 0 bridgehead atoms. The lowest BCUT2D eigenvalue weighted by Crippen LogP contribution is -2.28. The van der Waals surface area contributed by atoms with Crippen LogP contribution in [0, 0.1) is 6.92 Å². The summed E-state index contributed by atoms with van der Waals surface area (Å²) in [7, 11) is 0. The van der Waals surface area contributed by atoms with Gasteiger partial charge in [-0.2, -0.15) is 0 Å². The Morgan fingerprint density at radius 2 is 1.84 bits per heavy atom. The molecule has 2 N–H and O–H groups in total. The number of nitrogens with zero attached hydrogens (tertiary/aromatic N) is 2. The maximum atomic E-state index is 10.6. The van der Waals surface area contributed by atoms with Crippen molar-refractivity contribution in [3.05, 3.63) is 23.9 Å². The molecule has 0 amide bonds. The highest BCUT2D eigenvalue weighted by atomic mass is 16.4. The molecule has 0 aliphatic rings. The lowest BCUT2D eigenvalue weighted by Gasteiger charge is -2.22. The van der Waals surface area contributed by atoms with Crippen LogP contribution in [0.15, 0.2) is 18.3 Å². The van der Waals surface area contributed by atoms with Crippen molar-refractivity contribution in [3.8, 4) is 0 Å². The Bertz CT molecular complexity index is 431. The van der Waals surface area contributed by atoms with E-state index in [1.54, 1.807) is 11.1 Å². The van der Waals surface area contributed by atoms with Crippen molar-refractivity contribution in [3.63, 3.8) is 0 Å². The molecule has 0 saturated carbocycles. The SMILES string of the molecule is Cc1ccc(N(CCCC(=O)O)CCC(=O)O)nc1. The van der Waals surface area contributed by atoms with Gasteiger partial charge >= 0.3 is 11.9 Å². The minimum atomic E-state index is -0.879. The van der Waals surface area contributed by atoms with Crippen LogP contribution < -0.4 is 4.90 Å². The standard InChI is InChI=1S/C13H18N2O4/c1-10-4-5-11(14-9-10)15(8-6-13(18)19)7-2-3-12(16)17/h4-5,9H,2-3,6-8H2,1H3,(H,16,17)(H,18,19). The van der Waals surface area contributed by atoms with Crippen LogP contribution in [-0.4, -0.2) is 40.2 Å². The van der Waals surface area contributed by atoms with E-state index in [1.165, 1.54) is 0 Å². The van der Waals surface area contributed by atoms with Gasteiger partial charge in [-0.1, -0.05) is 6.07 Å². The molecule has 0 aromatic carbocycles. The Balaban J connectivity index is 2.64. The van der Waals surface area contributed by atoms with Crippen LogP contribution >= 0.6 is 0 Å². The molecular formula is C13H18N2O4. The number of carbonyl (C=O) groups is 2. The fourth-order valence-corrected chi connectivity index (χ4v) is 1.64. The number of hydrogen-bond donors (Lipinski definition) is 2. The lowest BCUT2D eigenvalue weighted by atomic mass is 10.2. The summed E-state index contributed by atoms with van der Waals surface area (Å²) >= 11 is 0. The molecule has 0 radical (unpaired) electrons. The van der Waals surface area contributed by atoms with Gasteiger partial charge in [-0.05, 0) is 25.0 Å². The van der Waals surface area contributed by atoms with E-state index in [4.69, 9.17) is 10.2 Å². The van der Waals surface area contributed by atoms with Gasteiger partial charge in [0.15, 0.2) is 0 Å². The quantitative estimate of drug-likeness (QED) is 0.741. The molecule has 0 fully saturated rings. The molecule has 19 heavy (non-hydrogen) atoms. The Hall–Kier alpha value is -2.11. The van der Waals surface area contributed by atoms with Crippen LogP contribution in [0.4, 0.5) is 5.82 Å². The van der Waals surface area contributed by atoms with Crippen LogP contribution in [0.5, 0.6) is 0 Å². The number of pyridine rings is 1. The molecule has 1 heterocycles. The number of aryl methyl sites for hydroxylation is 1. The fourth-order valence-electron chi connectivity index (χ4n) is 1.64. The second kappa shape index (κ2) is 7.35. The molecule has 1 aromatic heterocycles. The lowest BCUT2D eigenvalue weighted by molar-refractivity contribution is -0.138. The molecule has 0 aliphatic heterocycles. The van der Waals surface area contributed by atoms with E-state index in [0.29, 0.717) is 25.3 Å². The van der Waals surface area contributed by atoms with Crippen LogP contribution in [0.25, 0.3) is 0 Å². The van der Waals surface area contributed by atoms with Crippen LogP contribution in [0.2, 0.25) is 0 Å². The average molecular weight is 266 g/mol. The summed E-state index contributed by atoms with van der Waals surface area (Å²) in [6.07, 6.45) is 2.24. The number of aliphatic carboxylic acids is 2. The number of rotatable bonds is 8. The first kappa shape index (κ1) is 14.9. The molecular weight excluding hydrogens is 248 g/mol. The van der Waals surface area contributed by atoms with Crippen molar-refractivity contribution in [1.29, 1.82) is 0 Å². The Morgan fingerprint density at radius 1 is 1.16 bits per heavy atom. The Kier molecular flexibility index (Phi) is 5.78. The van der Waals surface area contributed by atoms with Crippen molar-refractivity contribution in [2.45, 2.75) is 26.2 Å². The highest BCUT2D eigenvalue weighted by Gasteiger charge is 2.10. The van der Waals surface area contributed by atoms with E-state index in [1.807, 2.05) is 19.1 Å². The zero-order valence-electron chi connectivity index (χ0n) is 10.9. The predicted molar refractivity (Wildman–Crippen MR) is 70.3 cm³/mol. The zero-order chi connectivity index (χ0) is 14.3. The van der Waals surface area contributed by atoms with Gasteiger partial charge in [0.05, 0.1) is 6.42 Å². The minimum Gasteiger partial charge on any atom is -0.481 e. The summed E-state index contributed by atoms with van der Waals surface area (Å²) < 4.78 is 0. The highest BCUT2D eigenvalue weighted by molar-refractivity contribution is 5.68. The van der Waals surface area contributed by atoms with Gasteiger partial charge in [-0.25, -0.2) is 4.98 Å². The summed E-state index contributed by atoms with van der Waals surface area (Å²) in [5.74, 6) is -1.05. The second-order valence-electron chi connectivity index (χ2n) is 4.32. The summed E-state index contributed by atoms with van der Waals surface area (Å²) in [4.78, 5) is 27.2. The molecule has 0 saturated heterocycles. The van der Waals surface area contributed by atoms with Crippen molar-refractivity contribution in [1.82, 2.24) is 4.98 Å². The van der Waals surface area contributed by atoms with Gasteiger partial charge in [-0.15, -0.1) is 0 Å². The van der Waals surface area contributed by atoms with Gasteiger partial charge in [0.2, 0.25) is 0 Å². The van der Waals surface area contributed by atoms with Gasteiger partial charge in [0.25, 0.3) is 0 Å². The number of hydrogen-bond acceptors (Lipinski definition) is 4. The predicted octanol–water partition coefficient (Wildman–Crippen LogP) is 1.54. The maximum absolute atomic E-state index is 10.6. The summed E-state index contributed by atoms with van der Waals surface area (Å²) in [5.41, 5.74) is 1.02. The molecule has 6 nitrogen and oxygen atoms in total. The molecule has 1 rings (SSSR count). The summed E-state index contributed by atoms with van der Waals surface area (Å²) in [6, 6.07) is 3.71. The summed E-state index contributed by atoms with van der Waals surface area (Å²) in [5, 5.41) is 17.3. The zero-order valence-corrected chi connectivity index (χ0v) is 10.9. The molecule has 0 spiro atoms. The minimum absolute atomic E-state index is 0.00261. The Morgan fingerprint density at radius 3 is 2.37 bits per heavy atom. The number of carboxylic acid groups (broad SMARTS) is 2. The topological polar surface area (TPSA) is 90.7 Å². The van der Waals surface area contributed by atoms with Gasteiger partial charge in [0.1, 0.15) is 5.82 Å². The normalized spacial score (nSPS) is 10.2. The van der Waals surface area contributed by atoms with Crippen molar-refractivity contribution < 1.29 is 19.8 Å². The molecule has 0 atom stereocenters. The van der Waals surface area contributed by atoms with Crippen LogP contribution in [0.1, 0.15) is 24.8 Å². The van der Waals surface area contributed by atoms with E-state index in [-0.39, 0.29) is 12.8 Å². The third-order valence-electron chi connectivity index (χ3n) is 2.63. The first-order chi connectivity index (χ1) is 8.99. The van der Waals surface area contributed by atoms with Gasteiger partial charge in [0, 0.05) is 25.7 Å². The molecule has 0 aliphatic carbocycles. The van der Waals surface area contributed by atoms with E-state index in [2.05, 4.69) is 4.98 Å². The monoisotopic (exact) mass is 266 g/mol. The number of anilines is 1. The van der Waals surface area contributed by atoms with Crippen molar-refractivity contribution in [2.75, 3.05) is 18.0 Å². The molecule has 0 unspecified atom stereocenters. The molecule has 6 heteroatoms. The maximum Gasteiger partial charge on any atom is 0.305 e. The second-order valence-corrected chi connectivity index (χ2v) is 4.32. The first-order valence-corrected chi connectivity index (χ1v) is 6.10. The summed E-state index contributed by atoms with van der Waals surface area (Å²) in [6.45, 7) is 2.73. The molecule has 104 valence electrons. The Labute approximate surface area is 111 Å². The van der Waals surface area contributed by atoms with Gasteiger partial charge < -0.3 is 15.1 Å².